The number of anilines is 2. The van der Waals surface area contributed by atoms with Crippen LogP contribution in [0.1, 0.15) is 25.0 Å². The number of hydrogen-bond donors (Lipinski definition) is 2. The Morgan fingerprint density at radius 3 is 2.85 bits per heavy atom. The van der Waals surface area contributed by atoms with Crippen molar-refractivity contribution in [2.75, 3.05) is 11.2 Å². The van der Waals surface area contributed by atoms with Crippen molar-refractivity contribution in [2.45, 2.75) is 26.9 Å². The minimum absolute atomic E-state index is 0.172. The Kier molecular flexibility index (Phi) is 4.57. The second kappa shape index (κ2) is 6.38. The molecular formula is C14H18N4OS. The molecular weight excluding hydrogens is 272 g/mol. The van der Waals surface area contributed by atoms with Crippen molar-refractivity contribution in [3.8, 4) is 5.75 Å². The number of hydrogen-bond acceptors (Lipinski definition) is 6. The van der Waals surface area contributed by atoms with E-state index < -0.39 is 0 Å². The summed E-state index contributed by atoms with van der Waals surface area (Å²) >= 11 is 1.42. The monoisotopic (exact) mass is 290 g/mol. The van der Waals surface area contributed by atoms with E-state index in [1.54, 1.807) is 11.6 Å². The fourth-order valence-corrected chi connectivity index (χ4v) is 2.19. The van der Waals surface area contributed by atoms with Gasteiger partial charge in [0.05, 0.1) is 12.3 Å². The third-order valence-corrected chi connectivity index (χ3v) is 3.22. The highest BCUT2D eigenvalue weighted by Gasteiger charge is 2.02. The average molecular weight is 290 g/mol. The molecule has 0 amide bonds. The first-order chi connectivity index (χ1) is 9.54. The van der Waals surface area contributed by atoms with Crippen molar-refractivity contribution in [3.05, 3.63) is 34.7 Å². The summed E-state index contributed by atoms with van der Waals surface area (Å²) in [5, 5.41) is 6.57. The van der Waals surface area contributed by atoms with Crippen molar-refractivity contribution >= 4 is 28.5 Å². The zero-order valence-corrected chi connectivity index (χ0v) is 12.6. The van der Waals surface area contributed by atoms with E-state index in [9.17, 15) is 0 Å². The second-order valence-corrected chi connectivity index (χ2v) is 5.50. The lowest BCUT2D eigenvalue weighted by molar-refractivity contribution is 0.241. The van der Waals surface area contributed by atoms with E-state index in [0.717, 1.165) is 16.9 Å². The SMILES string of the molecule is Cc1cc(C=NNc2nc(N)cs2)ccc1OC(C)C. The lowest BCUT2D eigenvalue weighted by Crippen LogP contribution is -2.06. The number of aromatic nitrogens is 1. The molecule has 5 nitrogen and oxygen atoms in total. The van der Waals surface area contributed by atoms with Crippen molar-refractivity contribution in [1.29, 1.82) is 0 Å². The van der Waals surface area contributed by atoms with Crippen LogP contribution in [0.15, 0.2) is 28.7 Å². The molecule has 6 heteroatoms. The molecule has 0 spiro atoms. The van der Waals surface area contributed by atoms with Crippen LogP contribution in [0.2, 0.25) is 0 Å². The van der Waals surface area contributed by atoms with Gasteiger partial charge < -0.3 is 10.5 Å². The topological polar surface area (TPSA) is 72.5 Å². The van der Waals surface area contributed by atoms with Gasteiger partial charge in [-0.25, -0.2) is 4.98 Å². The molecule has 0 bridgehead atoms. The molecule has 3 N–H and O–H groups in total. The summed E-state index contributed by atoms with van der Waals surface area (Å²) in [4.78, 5) is 4.06. The zero-order valence-electron chi connectivity index (χ0n) is 11.8. The highest BCUT2D eigenvalue weighted by molar-refractivity contribution is 7.14. The number of hydrazone groups is 1. The van der Waals surface area contributed by atoms with Gasteiger partial charge in [-0.1, -0.05) is 0 Å². The van der Waals surface area contributed by atoms with Gasteiger partial charge in [0.1, 0.15) is 11.6 Å². The molecule has 1 heterocycles. The van der Waals surface area contributed by atoms with Crippen LogP contribution in [-0.4, -0.2) is 17.3 Å². The second-order valence-electron chi connectivity index (χ2n) is 4.64. The predicted octanol–water partition coefficient (Wildman–Crippen LogP) is 3.27. The zero-order chi connectivity index (χ0) is 14.5. The molecule has 0 aliphatic rings. The van der Waals surface area contributed by atoms with Crippen LogP contribution >= 0.6 is 11.3 Å². The quantitative estimate of drug-likeness (QED) is 0.655. The Balaban J connectivity index is 2.01. The van der Waals surface area contributed by atoms with Gasteiger partial charge in [0.2, 0.25) is 5.13 Å². The van der Waals surface area contributed by atoms with Gasteiger partial charge in [-0.15, -0.1) is 11.3 Å². The summed E-state index contributed by atoms with van der Waals surface area (Å²) in [5.74, 6) is 1.40. The van der Waals surface area contributed by atoms with E-state index in [-0.39, 0.29) is 6.10 Å². The molecule has 1 aromatic carbocycles. The molecule has 0 aliphatic carbocycles. The molecule has 0 atom stereocenters. The molecule has 2 aromatic rings. The van der Waals surface area contributed by atoms with E-state index in [4.69, 9.17) is 10.5 Å². The Hall–Kier alpha value is -2.08. The van der Waals surface area contributed by atoms with E-state index >= 15 is 0 Å². The smallest absolute Gasteiger partial charge is 0.205 e. The fourth-order valence-electron chi connectivity index (χ4n) is 1.64. The van der Waals surface area contributed by atoms with E-state index in [0.29, 0.717) is 10.9 Å². The number of ether oxygens (including phenoxy) is 1. The van der Waals surface area contributed by atoms with Crippen LogP contribution in [0.5, 0.6) is 5.75 Å². The van der Waals surface area contributed by atoms with E-state index in [1.165, 1.54) is 11.3 Å². The van der Waals surface area contributed by atoms with Crippen LogP contribution in [0.3, 0.4) is 0 Å². The standard InChI is InChI=1S/C14H18N4OS/c1-9(2)19-12-5-4-11(6-10(12)3)7-16-18-14-17-13(15)8-20-14/h4-9H,15H2,1-3H3,(H,17,18). The maximum atomic E-state index is 5.69. The Morgan fingerprint density at radius 2 is 2.25 bits per heavy atom. The lowest BCUT2D eigenvalue weighted by Gasteiger charge is -2.12. The first-order valence-corrected chi connectivity index (χ1v) is 7.20. The van der Waals surface area contributed by atoms with Crippen LogP contribution in [0.4, 0.5) is 10.9 Å². The molecule has 1 aromatic heterocycles. The minimum Gasteiger partial charge on any atom is -0.491 e. The number of nitrogens with zero attached hydrogens (tertiary/aromatic N) is 2. The molecule has 0 radical (unpaired) electrons. The van der Waals surface area contributed by atoms with Gasteiger partial charge in [-0.2, -0.15) is 5.10 Å². The Bertz CT molecular complexity index is 607. The van der Waals surface area contributed by atoms with Crippen LogP contribution in [0.25, 0.3) is 0 Å². The summed E-state index contributed by atoms with van der Waals surface area (Å²) in [5.41, 5.74) is 10.5. The van der Waals surface area contributed by atoms with Crippen LogP contribution < -0.4 is 15.9 Å². The van der Waals surface area contributed by atoms with Crippen molar-refractivity contribution in [3.63, 3.8) is 0 Å². The average Bonchev–Trinajstić information content (AvgIpc) is 2.78. The third kappa shape index (κ3) is 3.96. The largest absolute Gasteiger partial charge is 0.491 e. The highest BCUT2D eigenvalue weighted by atomic mass is 32.1. The van der Waals surface area contributed by atoms with Gasteiger partial charge in [0, 0.05) is 5.38 Å². The van der Waals surface area contributed by atoms with E-state index in [2.05, 4.69) is 15.5 Å². The number of aryl methyl sites for hydroxylation is 1. The number of rotatable bonds is 5. The molecule has 0 fully saturated rings. The molecule has 0 saturated heterocycles. The fraction of sp³-hybridized carbons (Fsp3) is 0.286. The number of nitrogens with one attached hydrogen (secondary N) is 1. The van der Waals surface area contributed by atoms with Gasteiger partial charge in [-0.3, -0.25) is 5.43 Å². The van der Waals surface area contributed by atoms with Crippen LogP contribution in [0, 0.1) is 6.92 Å². The molecule has 0 unspecified atom stereocenters. The molecule has 0 saturated carbocycles. The molecule has 0 aliphatic heterocycles. The summed E-state index contributed by atoms with van der Waals surface area (Å²) in [6.07, 6.45) is 1.91. The first-order valence-electron chi connectivity index (χ1n) is 6.32. The maximum Gasteiger partial charge on any atom is 0.205 e. The first kappa shape index (κ1) is 14.3. The number of nitrogens with two attached hydrogens (primary N) is 1. The summed E-state index contributed by atoms with van der Waals surface area (Å²) < 4.78 is 5.69. The summed E-state index contributed by atoms with van der Waals surface area (Å²) in [6.45, 7) is 6.04. The van der Waals surface area contributed by atoms with Crippen molar-refractivity contribution in [1.82, 2.24) is 4.98 Å². The Morgan fingerprint density at radius 1 is 1.45 bits per heavy atom. The van der Waals surface area contributed by atoms with Gasteiger partial charge in [0.15, 0.2) is 0 Å². The summed E-state index contributed by atoms with van der Waals surface area (Å²) in [7, 11) is 0. The maximum absolute atomic E-state index is 5.69. The minimum atomic E-state index is 0.172. The number of nitrogen functional groups attached to an aromatic ring is 1. The van der Waals surface area contributed by atoms with Gasteiger partial charge in [0.25, 0.3) is 0 Å². The third-order valence-electron chi connectivity index (χ3n) is 2.46. The van der Waals surface area contributed by atoms with Crippen LogP contribution in [-0.2, 0) is 0 Å². The number of thiazole rings is 1. The normalized spacial score (nSPS) is 11.2. The molecule has 106 valence electrons. The van der Waals surface area contributed by atoms with Gasteiger partial charge >= 0.3 is 0 Å². The Labute approximate surface area is 122 Å². The van der Waals surface area contributed by atoms with Crippen molar-refractivity contribution < 1.29 is 4.74 Å². The lowest BCUT2D eigenvalue weighted by atomic mass is 10.1. The summed E-state index contributed by atoms with van der Waals surface area (Å²) in [6, 6.07) is 5.95. The van der Waals surface area contributed by atoms with Gasteiger partial charge in [-0.05, 0) is 50.1 Å². The number of benzene rings is 1. The van der Waals surface area contributed by atoms with Crippen molar-refractivity contribution in [2.24, 2.45) is 5.10 Å². The predicted molar refractivity (Wildman–Crippen MR) is 84.7 cm³/mol. The highest BCUT2D eigenvalue weighted by Crippen LogP contribution is 2.20. The van der Waals surface area contributed by atoms with E-state index in [1.807, 2.05) is 39.0 Å². The molecule has 20 heavy (non-hydrogen) atoms. The molecule has 2 rings (SSSR count).